The van der Waals surface area contributed by atoms with E-state index in [1.54, 1.807) is 0 Å². The summed E-state index contributed by atoms with van der Waals surface area (Å²) in [6.07, 6.45) is 69.3. The minimum absolute atomic E-state index is 0.108. The molecule has 17 nitrogen and oxygen atoms in total. The van der Waals surface area contributed by atoms with Crippen molar-refractivity contribution in [2.45, 2.75) is 477 Å². The third-order valence-corrected chi connectivity index (χ3v) is 22.1. The molecule has 5 atom stereocenters. The van der Waals surface area contributed by atoms with Gasteiger partial charge in [-0.05, 0) is 37.5 Å². The Morgan fingerprint density at radius 2 is 0.438 bits per heavy atom. The van der Waals surface area contributed by atoms with E-state index in [1.165, 1.54) is 276 Å². The van der Waals surface area contributed by atoms with Gasteiger partial charge in [-0.2, -0.15) is 0 Å². The summed E-state index contributed by atoms with van der Waals surface area (Å²) in [4.78, 5) is 73.3. The summed E-state index contributed by atoms with van der Waals surface area (Å²) in [5, 5.41) is 10.7. The monoisotopic (exact) mass is 1540 g/mol. The molecule has 0 saturated carbocycles. The number of hydrogen-bond donors (Lipinski definition) is 3. The Morgan fingerprint density at radius 3 is 0.648 bits per heavy atom. The third kappa shape index (κ3) is 79.9. The second-order valence-corrected chi connectivity index (χ2v) is 34.8. The molecule has 0 amide bonds. The predicted octanol–water partition coefficient (Wildman–Crippen LogP) is 26.2. The van der Waals surface area contributed by atoms with E-state index in [2.05, 4.69) is 41.5 Å². The average molecular weight is 1540 g/mol. The Bertz CT molecular complexity index is 2010. The van der Waals surface area contributed by atoms with Gasteiger partial charge in [0.2, 0.25) is 0 Å². The van der Waals surface area contributed by atoms with Crippen molar-refractivity contribution in [3.8, 4) is 0 Å². The topological polar surface area (TPSA) is 237 Å². The van der Waals surface area contributed by atoms with Crippen molar-refractivity contribution >= 4 is 39.5 Å². The van der Waals surface area contributed by atoms with Gasteiger partial charge in [-0.25, -0.2) is 9.13 Å². The van der Waals surface area contributed by atoms with Gasteiger partial charge in [-0.15, -0.1) is 0 Å². The fourth-order valence-electron chi connectivity index (χ4n) is 13.4. The Morgan fingerprint density at radius 1 is 0.257 bits per heavy atom. The van der Waals surface area contributed by atoms with Gasteiger partial charge in [0.25, 0.3) is 0 Å². The summed E-state index contributed by atoms with van der Waals surface area (Å²) in [6.45, 7) is 9.72. The second-order valence-electron chi connectivity index (χ2n) is 31.9. The summed E-state index contributed by atoms with van der Waals surface area (Å²) in [6, 6.07) is 0. The van der Waals surface area contributed by atoms with Crippen molar-refractivity contribution in [3.05, 3.63) is 0 Å². The summed E-state index contributed by atoms with van der Waals surface area (Å²) >= 11 is 0. The zero-order valence-corrected chi connectivity index (χ0v) is 70.8. The Balaban J connectivity index is 5.26. The summed E-state index contributed by atoms with van der Waals surface area (Å²) in [5.41, 5.74) is 0. The maximum atomic E-state index is 13.1. The van der Waals surface area contributed by atoms with Crippen molar-refractivity contribution in [2.24, 2.45) is 11.8 Å². The lowest BCUT2D eigenvalue weighted by Crippen LogP contribution is -2.30. The van der Waals surface area contributed by atoms with Crippen molar-refractivity contribution < 1.29 is 80.2 Å². The first-order valence-corrected chi connectivity index (χ1v) is 47.5. The van der Waals surface area contributed by atoms with Crippen molar-refractivity contribution in [1.82, 2.24) is 0 Å². The number of aliphatic hydroxyl groups excluding tert-OH is 1. The molecule has 0 heterocycles. The molecule has 0 radical (unpaired) electrons. The van der Waals surface area contributed by atoms with E-state index >= 15 is 0 Å². The van der Waals surface area contributed by atoms with Gasteiger partial charge in [0, 0.05) is 25.7 Å². The molecule has 19 heteroatoms. The zero-order chi connectivity index (χ0) is 77.1. The highest BCUT2D eigenvalue weighted by molar-refractivity contribution is 7.47. The number of ether oxygens (including phenoxy) is 4. The number of carbonyl (C=O) groups excluding carboxylic acids is 4. The first-order valence-electron chi connectivity index (χ1n) is 44.5. The molecule has 0 aliphatic carbocycles. The molecule has 3 N–H and O–H groups in total. The van der Waals surface area contributed by atoms with Crippen LogP contribution in [0.25, 0.3) is 0 Å². The number of aliphatic hydroxyl groups is 1. The van der Waals surface area contributed by atoms with Gasteiger partial charge in [0.05, 0.1) is 26.4 Å². The Kier molecular flexibility index (Phi) is 76.0. The number of phosphoric ester groups is 2. The van der Waals surface area contributed by atoms with Crippen LogP contribution in [0.2, 0.25) is 0 Å². The maximum Gasteiger partial charge on any atom is 0.472 e. The van der Waals surface area contributed by atoms with Gasteiger partial charge >= 0.3 is 39.5 Å². The average Bonchev–Trinajstić information content (AvgIpc) is 0.911. The molecule has 0 aliphatic rings. The zero-order valence-electron chi connectivity index (χ0n) is 69.0. The molecule has 624 valence electrons. The fourth-order valence-corrected chi connectivity index (χ4v) is 15.0. The number of hydrogen-bond acceptors (Lipinski definition) is 15. The lowest BCUT2D eigenvalue weighted by Gasteiger charge is -2.21. The van der Waals surface area contributed by atoms with Crippen LogP contribution in [0.1, 0.15) is 459 Å². The van der Waals surface area contributed by atoms with Gasteiger partial charge < -0.3 is 33.8 Å². The summed E-state index contributed by atoms with van der Waals surface area (Å²) in [5.74, 6) is -0.507. The standard InChI is InChI=1S/C86H168O17P2/c1-7-9-11-13-15-17-19-21-22-23-24-25-28-34-40-46-52-58-64-70-85(90)102-82(75-97-84(89)69-63-57-51-45-39-33-29-26-27-31-36-42-48-54-60-66-78(3)4)77-101-105(94,95)99-73-80(87)72-98-104(92,93)100-76-81(74-96-83(88)68-62-56-50-44-38-20-18-16-14-12-10-8-2)103-86(91)71-65-59-53-47-41-35-30-32-37-43-49-55-61-67-79(5)6/h78-82,87H,7-77H2,1-6H3,(H,92,93)(H,94,95)/t80-,81+,82+/m0/s1. The molecular formula is C86H168O17P2. The second kappa shape index (κ2) is 77.4. The maximum absolute atomic E-state index is 13.1. The Labute approximate surface area is 645 Å². The number of rotatable bonds is 85. The molecule has 0 rings (SSSR count). The van der Waals surface area contributed by atoms with Crippen molar-refractivity contribution in [2.75, 3.05) is 39.6 Å². The summed E-state index contributed by atoms with van der Waals surface area (Å²) < 4.78 is 68.9. The van der Waals surface area contributed by atoms with Gasteiger partial charge in [0.15, 0.2) is 12.2 Å². The van der Waals surface area contributed by atoms with Crippen LogP contribution in [0.15, 0.2) is 0 Å². The molecule has 105 heavy (non-hydrogen) atoms. The lowest BCUT2D eigenvalue weighted by atomic mass is 10.0. The van der Waals surface area contributed by atoms with E-state index in [4.69, 9.17) is 37.0 Å². The Hall–Kier alpha value is -1.94. The van der Waals surface area contributed by atoms with Gasteiger partial charge in [0.1, 0.15) is 19.3 Å². The van der Waals surface area contributed by atoms with Crippen LogP contribution in [0.5, 0.6) is 0 Å². The van der Waals surface area contributed by atoms with E-state index in [0.29, 0.717) is 25.7 Å². The van der Waals surface area contributed by atoms with E-state index in [0.717, 1.165) is 102 Å². The van der Waals surface area contributed by atoms with Crippen molar-refractivity contribution in [3.63, 3.8) is 0 Å². The van der Waals surface area contributed by atoms with Crippen LogP contribution in [-0.4, -0.2) is 96.7 Å². The van der Waals surface area contributed by atoms with Gasteiger partial charge in [-0.3, -0.25) is 37.3 Å². The quantitative estimate of drug-likeness (QED) is 0.0222. The van der Waals surface area contributed by atoms with Crippen LogP contribution in [-0.2, 0) is 65.4 Å². The molecule has 0 bridgehead atoms. The number of unbranched alkanes of at least 4 members (excludes halogenated alkanes) is 55. The third-order valence-electron chi connectivity index (χ3n) is 20.2. The first kappa shape index (κ1) is 103. The molecule has 2 unspecified atom stereocenters. The molecule has 0 fully saturated rings. The van der Waals surface area contributed by atoms with Crippen LogP contribution in [0, 0.1) is 11.8 Å². The minimum Gasteiger partial charge on any atom is -0.462 e. The molecular weight excluding hydrogens is 1370 g/mol. The number of esters is 4. The van der Waals surface area contributed by atoms with E-state index in [9.17, 15) is 43.2 Å². The highest BCUT2D eigenvalue weighted by Crippen LogP contribution is 2.45. The van der Waals surface area contributed by atoms with E-state index in [-0.39, 0.29) is 25.7 Å². The molecule has 0 spiro atoms. The molecule has 0 aromatic carbocycles. The number of carbonyl (C=O) groups is 4. The SMILES string of the molecule is CCCCCCCCCCCCCCCCCCCCCC(=O)O[C@H](COC(=O)CCCCCCCCCCCCCCCCCC(C)C)COP(=O)(O)OC[C@@H](O)COP(=O)(O)OC[C@@H](COC(=O)CCCCCCCCCCCCCC)OC(=O)CCCCCCCCCCCCCCCC(C)C. The molecule has 0 aromatic heterocycles. The first-order chi connectivity index (χ1) is 50.9. The summed E-state index contributed by atoms with van der Waals surface area (Å²) in [7, 11) is -9.93. The normalized spacial score (nSPS) is 13.8. The highest BCUT2D eigenvalue weighted by Gasteiger charge is 2.30. The fraction of sp³-hybridized carbons (Fsp3) is 0.953. The molecule has 0 saturated heterocycles. The van der Waals surface area contributed by atoms with Gasteiger partial charge in [-0.1, -0.05) is 408 Å². The van der Waals surface area contributed by atoms with Crippen LogP contribution < -0.4 is 0 Å². The smallest absolute Gasteiger partial charge is 0.462 e. The van der Waals surface area contributed by atoms with Crippen LogP contribution in [0.3, 0.4) is 0 Å². The highest BCUT2D eigenvalue weighted by atomic mass is 31.2. The minimum atomic E-state index is -4.97. The van der Waals surface area contributed by atoms with Crippen LogP contribution in [0.4, 0.5) is 0 Å². The van der Waals surface area contributed by atoms with E-state index < -0.39 is 97.5 Å². The number of phosphoric acid groups is 2. The lowest BCUT2D eigenvalue weighted by molar-refractivity contribution is -0.161. The molecule has 0 aromatic rings. The largest absolute Gasteiger partial charge is 0.472 e. The van der Waals surface area contributed by atoms with Crippen LogP contribution >= 0.6 is 15.6 Å². The van der Waals surface area contributed by atoms with Crippen molar-refractivity contribution in [1.29, 1.82) is 0 Å². The molecule has 0 aliphatic heterocycles. The van der Waals surface area contributed by atoms with E-state index in [1.807, 2.05) is 0 Å². The predicted molar refractivity (Wildman–Crippen MR) is 432 cm³/mol.